The fraction of sp³-hybridized carbons (Fsp3) is 0.385. The van der Waals surface area contributed by atoms with Crippen LogP contribution in [0.5, 0.6) is 11.5 Å². The molecule has 0 unspecified atom stereocenters. The number of benzene rings is 2. The number of likely N-dealkylation sites (tertiary alicyclic amines) is 1. The number of carbonyl (C=O) groups excluding carboxylic acids is 4. The van der Waals surface area contributed by atoms with Gasteiger partial charge >= 0.3 is 5.97 Å². The number of carbonyl (C=O) groups is 4. The number of hydrogen-bond donors (Lipinski definition) is 1. The Labute approximate surface area is 224 Å². The standard InChI is InChI=1S/C26H24Br2N2O6/c1-13(30-24(32)20-17-11-18(21(20)25(30)33)23(28)22(17)27)26(34)35-12-19(31)29-14-7-9-16(10-8-14)36-15-5-3-2-4-6-15/h2-10,13,17-18,20-23H,11-12H2,1H3,(H,29,31)/t13-,17-,18-,20-,21-,22+,23+/m1/s1. The normalized spacial score (nSPS) is 29.1. The van der Waals surface area contributed by atoms with E-state index >= 15 is 0 Å². The second-order valence-electron chi connectivity index (χ2n) is 9.32. The summed E-state index contributed by atoms with van der Waals surface area (Å²) in [5, 5.41) is 2.65. The maximum atomic E-state index is 13.1. The molecule has 5 rings (SSSR count). The van der Waals surface area contributed by atoms with E-state index in [4.69, 9.17) is 9.47 Å². The molecule has 7 atom stereocenters. The lowest BCUT2D eigenvalue weighted by atomic mass is 9.81. The summed E-state index contributed by atoms with van der Waals surface area (Å²) in [6.45, 7) is 0.925. The number of rotatable bonds is 7. The zero-order chi connectivity index (χ0) is 25.6. The van der Waals surface area contributed by atoms with Crippen molar-refractivity contribution >= 4 is 61.2 Å². The van der Waals surface area contributed by atoms with Crippen molar-refractivity contribution in [2.24, 2.45) is 23.7 Å². The second kappa shape index (κ2) is 9.97. The van der Waals surface area contributed by atoms with Crippen LogP contribution in [0.15, 0.2) is 54.6 Å². The Morgan fingerprint density at radius 3 is 2.08 bits per heavy atom. The van der Waals surface area contributed by atoms with Crippen LogP contribution >= 0.6 is 31.9 Å². The summed E-state index contributed by atoms with van der Waals surface area (Å²) in [4.78, 5) is 52.4. The number of fused-ring (bicyclic) bond motifs is 5. The number of imide groups is 1. The second-order valence-corrected chi connectivity index (χ2v) is 11.4. The highest BCUT2D eigenvalue weighted by molar-refractivity contribution is 9.12. The monoisotopic (exact) mass is 618 g/mol. The predicted octanol–water partition coefficient (Wildman–Crippen LogP) is 4.13. The molecule has 1 N–H and O–H groups in total. The maximum Gasteiger partial charge on any atom is 0.329 e. The number of anilines is 1. The molecule has 1 saturated heterocycles. The van der Waals surface area contributed by atoms with Gasteiger partial charge in [0.2, 0.25) is 11.8 Å². The molecule has 0 aromatic heterocycles. The maximum absolute atomic E-state index is 13.1. The minimum absolute atomic E-state index is 0.0595. The van der Waals surface area contributed by atoms with Gasteiger partial charge in [0.15, 0.2) is 6.61 Å². The van der Waals surface area contributed by atoms with Gasteiger partial charge in [0.05, 0.1) is 11.8 Å². The molecular formula is C26H24Br2N2O6. The van der Waals surface area contributed by atoms with Crippen LogP contribution in [0.4, 0.5) is 5.69 Å². The summed E-state index contributed by atoms with van der Waals surface area (Å²) in [5.41, 5.74) is 0.506. The van der Waals surface area contributed by atoms with Crippen molar-refractivity contribution in [3.63, 3.8) is 0 Å². The van der Waals surface area contributed by atoms with Crippen LogP contribution < -0.4 is 10.1 Å². The number of amides is 3. The number of nitrogens with one attached hydrogen (secondary N) is 1. The Morgan fingerprint density at radius 1 is 0.944 bits per heavy atom. The summed E-state index contributed by atoms with van der Waals surface area (Å²) < 4.78 is 10.9. The average molecular weight is 620 g/mol. The van der Waals surface area contributed by atoms with Crippen LogP contribution in [0.3, 0.4) is 0 Å². The number of halogens is 2. The van der Waals surface area contributed by atoms with E-state index in [1.165, 1.54) is 6.92 Å². The van der Waals surface area contributed by atoms with Crippen molar-refractivity contribution in [3.05, 3.63) is 54.6 Å². The molecule has 3 fully saturated rings. The van der Waals surface area contributed by atoms with E-state index in [1.54, 1.807) is 24.3 Å². The number of alkyl halides is 2. The van der Waals surface area contributed by atoms with Gasteiger partial charge in [0.25, 0.3) is 5.91 Å². The first kappa shape index (κ1) is 25.0. The van der Waals surface area contributed by atoms with Crippen LogP contribution in [0.1, 0.15) is 13.3 Å². The van der Waals surface area contributed by atoms with Gasteiger partial charge in [0, 0.05) is 15.3 Å². The van der Waals surface area contributed by atoms with Gasteiger partial charge in [-0.2, -0.15) is 0 Å². The largest absolute Gasteiger partial charge is 0.457 e. The number of hydrogen-bond acceptors (Lipinski definition) is 6. The lowest BCUT2D eigenvalue weighted by Crippen LogP contribution is -2.45. The minimum atomic E-state index is -1.10. The SMILES string of the molecule is C[C@H](C(=O)OCC(=O)Nc1ccc(Oc2ccccc2)cc1)N1C(=O)[C@@H]2[C@H]3C[C@@H]([C@H](Br)[C@H]3Br)[C@H]2C1=O. The first-order valence-corrected chi connectivity index (χ1v) is 13.5. The van der Waals surface area contributed by atoms with E-state index in [1.807, 2.05) is 30.3 Å². The molecule has 0 spiro atoms. The Hall–Kier alpha value is -2.72. The van der Waals surface area contributed by atoms with E-state index in [0.717, 1.165) is 11.3 Å². The van der Waals surface area contributed by atoms with Crippen LogP contribution in [-0.2, 0) is 23.9 Å². The summed E-state index contributed by atoms with van der Waals surface area (Å²) in [7, 11) is 0. The summed E-state index contributed by atoms with van der Waals surface area (Å²) >= 11 is 7.29. The highest BCUT2D eigenvalue weighted by Crippen LogP contribution is 2.60. The van der Waals surface area contributed by atoms with Crippen molar-refractivity contribution in [2.75, 3.05) is 11.9 Å². The lowest BCUT2D eigenvalue weighted by molar-refractivity contribution is -0.159. The molecule has 10 heteroatoms. The van der Waals surface area contributed by atoms with Gasteiger partial charge in [-0.3, -0.25) is 19.3 Å². The molecule has 36 heavy (non-hydrogen) atoms. The molecule has 1 heterocycles. The van der Waals surface area contributed by atoms with E-state index < -0.39 is 36.4 Å². The molecule has 2 aromatic carbocycles. The Bertz CT molecular complexity index is 1160. The molecule has 0 radical (unpaired) electrons. The predicted molar refractivity (Wildman–Crippen MR) is 138 cm³/mol. The third-order valence-electron chi connectivity index (χ3n) is 7.21. The molecule has 3 amide bonds. The van der Waals surface area contributed by atoms with E-state index in [9.17, 15) is 19.2 Å². The van der Waals surface area contributed by atoms with Gasteiger partial charge in [-0.25, -0.2) is 4.79 Å². The Kier molecular flexibility index (Phi) is 6.91. The van der Waals surface area contributed by atoms with Gasteiger partial charge < -0.3 is 14.8 Å². The smallest absolute Gasteiger partial charge is 0.329 e. The molecule has 2 aromatic rings. The third kappa shape index (κ3) is 4.45. The molecule has 8 nitrogen and oxygen atoms in total. The molecular weight excluding hydrogens is 596 g/mol. The van der Waals surface area contributed by atoms with E-state index in [2.05, 4.69) is 37.2 Å². The minimum Gasteiger partial charge on any atom is -0.457 e. The highest BCUT2D eigenvalue weighted by atomic mass is 79.9. The van der Waals surface area contributed by atoms with Gasteiger partial charge in [-0.15, -0.1) is 0 Å². The molecule has 2 bridgehead atoms. The molecule has 2 aliphatic carbocycles. The zero-order valence-corrected chi connectivity index (χ0v) is 22.5. The van der Waals surface area contributed by atoms with Crippen molar-refractivity contribution in [2.45, 2.75) is 29.0 Å². The topological polar surface area (TPSA) is 102 Å². The number of ether oxygens (including phenoxy) is 2. The third-order valence-corrected chi connectivity index (χ3v) is 10.4. The molecule has 188 valence electrons. The van der Waals surface area contributed by atoms with Gasteiger partial charge in [0.1, 0.15) is 17.5 Å². The van der Waals surface area contributed by atoms with Crippen molar-refractivity contribution in [1.82, 2.24) is 4.90 Å². The number of para-hydroxylation sites is 1. The van der Waals surface area contributed by atoms with Crippen molar-refractivity contribution < 1.29 is 28.7 Å². The first-order chi connectivity index (χ1) is 17.3. The van der Waals surface area contributed by atoms with Crippen molar-refractivity contribution in [1.29, 1.82) is 0 Å². The fourth-order valence-electron chi connectivity index (χ4n) is 5.54. The highest BCUT2D eigenvalue weighted by Gasteiger charge is 2.67. The van der Waals surface area contributed by atoms with Gasteiger partial charge in [-0.05, 0) is 61.6 Å². The number of esters is 1. The van der Waals surface area contributed by atoms with Crippen LogP contribution in [0.25, 0.3) is 0 Å². The molecule has 2 saturated carbocycles. The lowest BCUT2D eigenvalue weighted by Gasteiger charge is -2.28. The quantitative estimate of drug-likeness (QED) is 0.284. The van der Waals surface area contributed by atoms with Crippen LogP contribution in [0, 0.1) is 23.7 Å². The fourth-order valence-corrected chi connectivity index (χ4v) is 7.42. The Morgan fingerprint density at radius 2 is 1.50 bits per heavy atom. The molecule has 3 aliphatic rings. The van der Waals surface area contributed by atoms with Crippen molar-refractivity contribution in [3.8, 4) is 11.5 Å². The Balaban J connectivity index is 1.13. The molecule has 1 aliphatic heterocycles. The van der Waals surface area contributed by atoms with Crippen LogP contribution in [0.2, 0.25) is 0 Å². The van der Waals surface area contributed by atoms with Crippen LogP contribution in [-0.4, -0.2) is 50.9 Å². The number of nitrogens with zero attached hydrogens (tertiary/aromatic N) is 1. The van der Waals surface area contributed by atoms with E-state index in [0.29, 0.717) is 17.2 Å². The first-order valence-electron chi connectivity index (χ1n) is 11.7. The average Bonchev–Trinajstić information content (AvgIpc) is 3.48. The zero-order valence-electron chi connectivity index (χ0n) is 19.3. The summed E-state index contributed by atoms with van der Waals surface area (Å²) in [6.07, 6.45) is 0.810. The summed E-state index contributed by atoms with van der Waals surface area (Å²) in [5.74, 6) is -1.38. The van der Waals surface area contributed by atoms with Gasteiger partial charge in [-0.1, -0.05) is 50.1 Å². The summed E-state index contributed by atoms with van der Waals surface area (Å²) in [6, 6.07) is 15.0. The van der Waals surface area contributed by atoms with E-state index in [-0.39, 0.29) is 33.3 Å².